The Bertz CT molecular complexity index is 465. The van der Waals surface area contributed by atoms with Gasteiger partial charge < -0.3 is 10.2 Å². The summed E-state index contributed by atoms with van der Waals surface area (Å²) in [4.78, 5) is 21.2. The molecule has 0 bridgehead atoms. The Labute approximate surface area is 132 Å². The second-order valence-corrected chi connectivity index (χ2v) is 6.38. The summed E-state index contributed by atoms with van der Waals surface area (Å²) in [5.41, 5.74) is 1.11. The third-order valence-electron chi connectivity index (χ3n) is 4.76. The standard InChI is InChI=1S/C17H26N4O/c22-17(13-15-4-7-18-8-5-15)21-11-9-20(10-12-21)14-16-3-1-2-6-19-16/h1-3,6,15,18H,4-5,7-14H2. The minimum absolute atomic E-state index is 0.351. The van der Waals surface area contributed by atoms with E-state index in [0.29, 0.717) is 11.8 Å². The monoisotopic (exact) mass is 302 g/mol. The number of pyridine rings is 1. The van der Waals surface area contributed by atoms with Gasteiger partial charge in [0, 0.05) is 45.3 Å². The van der Waals surface area contributed by atoms with E-state index in [1.165, 1.54) is 0 Å². The average Bonchev–Trinajstić information content (AvgIpc) is 2.57. The van der Waals surface area contributed by atoms with Gasteiger partial charge >= 0.3 is 0 Å². The fourth-order valence-corrected chi connectivity index (χ4v) is 3.34. The minimum Gasteiger partial charge on any atom is -0.340 e. The summed E-state index contributed by atoms with van der Waals surface area (Å²) >= 11 is 0. The maximum absolute atomic E-state index is 12.4. The number of carbonyl (C=O) groups excluding carboxylic acids is 1. The molecule has 2 aliphatic heterocycles. The smallest absolute Gasteiger partial charge is 0.222 e. The van der Waals surface area contributed by atoms with Crippen LogP contribution in [0.15, 0.2) is 24.4 Å². The van der Waals surface area contributed by atoms with Crippen molar-refractivity contribution in [2.45, 2.75) is 25.8 Å². The highest BCUT2D eigenvalue weighted by Crippen LogP contribution is 2.18. The highest BCUT2D eigenvalue weighted by atomic mass is 16.2. The molecule has 0 atom stereocenters. The second kappa shape index (κ2) is 7.70. The SMILES string of the molecule is O=C(CC1CCNCC1)N1CCN(Cc2ccccn2)CC1. The lowest BCUT2D eigenvalue weighted by Gasteiger charge is -2.35. The number of piperazine rings is 1. The number of hydrogen-bond donors (Lipinski definition) is 1. The van der Waals surface area contributed by atoms with Crippen LogP contribution in [-0.4, -0.2) is 60.0 Å². The molecule has 0 saturated carbocycles. The van der Waals surface area contributed by atoms with Crippen molar-refractivity contribution in [3.05, 3.63) is 30.1 Å². The molecule has 0 radical (unpaired) electrons. The normalized spacial score (nSPS) is 21.0. The summed E-state index contributed by atoms with van der Waals surface area (Å²) < 4.78 is 0. The topological polar surface area (TPSA) is 48.5 Å². The van der Waals surface area contributed by atoms with Gasteiger partial charge in [-0.1, -0.05) is 6.07 Å². The summed E-state index contributed by atoms with van der Waals surface area (Å²) in [5.74, 6) is 0.935. The molecule has 3 heterocycles. The molecule has 0 aliphatic carbocycles. The van der Waals surface area contributed by atoms with E-state index in [9.17, 15) is 4.79 Å². The summed E-state index contributed by atoms with van der Waals surface area (Å²) in [6.07, 6.45) is 4.87. The quantitative estimate of drug-likeness (QED) is 0.905. The van der Waals surface area contributed by atoms with Crippen LogP contribution in [0.5, 0.6) is 0 Å². The lowest BCUT2D eigenvalue weighted by atomic mass is 9.94. The summed E-state index contributed by atoms with van der Waals surface area (Å²) in [7, 11) is 0. The van der Waals surface area contributed by atoms with Crippen LogP contribution >= 0.6 is 0 Å². The Hall–Kier alpha value is -1.46. The maximum atomic E-state index is 12.4. The van der Waals surface area contributed by atoms with Crippen molar-refractivity contribution in [3.8, 4) is 0 Å². The zero-order valence-corrected chi connectivity index (χ0v) is 13.2. The largest absolute Gasteiger partial charge is 0.340 e. The molecule has 0 spiro atoms. The van der Waals surface area contributed by atoms with E-state index < -0.39 is 0 Å². The van der Waals surface area contributed by atoms with Crippen LogP contribution in [0, 0.1) is 5.92 Å². The van der Waals surface area contributed by atoms with Crippen LogP contribution in [0.3, 0.4) is 0 Å². The molecule has 2 fully saturated rings. The molecule has 5 nitrogen and oxygen atoms in total. The van der Waals surface area contributed by atoms with Gasteiger partial charge in [-0.15, -0.1) is 0 Å². The number of amides is 1. The molecule has 1 aromatic heterocycles. The van der Waals surface area contributed by atoms with Gasteiger partial charge in [-0.25, -0.2) is 0 Å². The predicted octanol–water partition coefficient (Wildman–Crippen LogP) is 1.12. The number of aromatic nitrogens is 1. The van der Waals surface area contributed by atoms with Crippen molar-refractivity contribution in [3.63, 3.8) is 0 Å². The van der Waals surface area contributed by atoms with Gasteiger partial charge in [0.1, 0.15) is 0 Å². The number of carbonyl (C=O) groups is 1. The lowest BCUT2D eigenvalue weighted by molar-refractivity contribution is -0.134. The fourth-order valence-electron chi connectivity index (χ4n) is 3.34. The summed E-state index contributed by atoms with van der Waals surface area (Å²) in [6, 6.07) is 6.04. The zero-order chi connectivity index (χ0) is 15.2. The van der Waals surface area contributed by atoms with Gasteiger partial charge in [0.15, 0.2) is 0 Å². The van der Waals surface area contributed by atoms with E-state index >= 15 is 0 Å². The van der Waals surface area contributed by atoms with Crippen molar-refractivity contribution in [1.82, 2.24) is 20.1 Å². The van der Waals surface area contributed by atoms with Crippen molar-refractivity contribution in [1.29, 1.82) is 0 Å². The van der Waals surface area contributed by atoms with Crippen molar-refractivity contribution in [2.75, 3.05) is 39.3 Å². The van der Waals surface area contributed by atoms with E-state index in [1.807, 2.05) is 18.3 Å². The van der Waals surface area contributed by atoms with Gasteiger partial charge in [0.2, 0.25) is 5.91 Å². The summed E-state index contributed by atoms with van der Waals surface area (Å²) in [5, 5.41) is 3.36. The summed E-state index contributed by atoms with van der Waals surface area (Å²) in [6.45, 7) is 6.64. The Balaban J connectivity index is 1.42. The van der Waals surface area contributed by atoms with Crippen LogP contribution in [0.4, 0.5) is 0 Å². The van der Waals surface area contributed by atoms with Gasteiger partial charge in [-0.3, -0.25) is 14.7 Å². The first-order chi connectivity index (χ1) is 10.8. The van der Waals surface area contributed by atoms with Crippen molar-refractivity contribution >= 4 is 5.91 Å². The van der Waals surface area contributed by atoms with E-state index in [1.54, 1.807) is 0 Å². The van der Waals surface area contributed by atoms with Crippen molar-refractivity contribution in [2.24, 2.45) is 5.92 Å². The third-order valence-corrected chi connectivity index (χ3v) is 4.76. The van der Waals surface area contributed by atoms with Crippen LogP contribution < -0.4 is 5.32 Å². The highest BCUT2D eigenvalue weighted by molar-refractivity contribution is 5.76. The average molecular weight is 302 g/mol. The molecular weight excluding hydrogens is 276 g/mol. The molecule has 0 aromatic carbocycles. The van der Waals surface area contributed by atoms with Gasteiger partial charge in [0.25, 0.3) is 0 Å². The first kappa shape index (κ1) is 15.4. The number of nitrogens with zero attached hydrogens (tertiary/aromatic N) is 3. The second-order valence-electron chi connectivity index (χ2n) is 6.38. The van der Waals surface area contributed by atoms with Gasteiger partial charge in [0.05, 0.1) is 5.69 Å². The molecule has 5 heteroatoms. The van der Waals surface area contributed by atoms with Crippen LogP contribution in [0.2, 0.25) is 0 Å². The highest BCUT2D eigenvalue weighted by Gasteiger charge is 2.24. The van der Waals surface area contributed by atoms with Crippen LogP contribution in [-0.2, 0) is 11.3 Å². The molecule has 2 saturated heterocycles. The Kier molecular flexibility index (Phi) is 5.40. The van der Waals surface area contributed by atoms with Gasteiger partial charge in [-0.05, 0) is 44.0 Å². The van der Waals surface area contributed by atoms with E-state index in [-0.39, 0.29) is 0 Å². The molecule has 1 aromatic rings. The molecule has 3 rings (SSSR count). The number of rotatable bonds is 4. The van der Waals surface area contributed by atoms with Crippen LogP contribution in [0.1, 0.15) is 25.0 Å². The van der Waals surface area contributed by atoms with Crippen molar-refractivity contribution < 1.29 is 4.79 Å². The molecule has 120 valence electrons. The first-order valence-electron chi connectivity index (χ1n) is 8.42. The van der Waals surface area contributed by atoms with E-state index in [4.69, 9.17) is 0 Å². The molecule has 1 amide bonds. The number of nitrogens with one attached hydrogen (secondary N) is 1. The Morgan fingerprint density at radius 2 is 1.95 bits per heavy atom. The lowest BCUT2D eigenvalue weighted by Crippen LogP contribution is -2.48. The molecule has 0 unspecified atom stereocenters. The molecule has 22 heavy (non-hydrogen) atoms. The number of hydrogen-bond acceptors (Lipinski definition) is 4. The maximum Gasteiger partial charge on any atom is 0.222 e. The zero-order valence-electron chi connectivity index (χ0n) is 13.2. The van der Waals surface area contributed by atoms with Crippen LogP contribution in [0.25, 0.3) is 0 Å². The molecule has 1 N–H and O–H groups in total. The predicted molar refractivity (Wildman–Crippen MR) is 86.3 cm³/mol. The Morgan fingerprint density at radius 3 is 2.64 bits per heavy atom. The Morgan fingerprint density at radius 1 is 1.18 bits per heavy atom. The third kappa shape index (κ3) is 4.27. The number of piperidine rings is 1. The molecule has 2 aliphatic rings. The minimum atomic E-state index is 0.351. The van der Waals surface area contributed by atoms with E-state index in [2.05, 4.69) is 26.2 Å². The van der Waals surface area contributed by atoms with Gasteiger partial charge in [-0.2, -0.15) is 0 Å². The van der Waals surface area contributed by atoms with E-state index in [0.717, 1.165) is 70.8 Å². The fraction of sp³-hybridized carbons (Fsp3) is 0.647. The first-order valence-corrected chi connectivity index (χ1v) is 8.42. The molecular formula is C17H26N4O.